The van der Waals surface area contributed by atoms with E-state index in [2.05, 4.69) is 26.2 Å². The fourth-order valence-electron chi connectivity index (χ4n) is 1.84. The molecular formula is C12H15BrN2O2. The molecule has 1 aliphatic rings. The van der Waals surface area contributed by atoms with Gasteiger partial charge >= 0.3 is 0 Å². The summed E-state index contributed by atoms with van der Waals surface area (Å²) >= 11 is 3.37. The third kappa shape index (κ3) is 3.04. The molecule has 0 saturated carbocycles. The van der Waals surface area contributed by atoms with Crippen LogP contribution >= 0.6 is 15.9 Å². The first-order chi connectivity index (χ1) is 8.06. The van der Waals surface area contributed by atoms with Crippen LogP contribution < -0.4 is 5.32 Å². The van der Waals surface area contributed by atoms with Gasteiger partial charge in [0.25, 0.3) is 0 Å². The van der Waals surface area contributed by atoms with Crippen LogP contribution in [-0.2, 0) is 9.53 Å². The van der Waals surface area contributed by atoms with Gasteiger partial charge in [-0.1, -0.05) is 0 Å². The van der Waals surface area contributed by atoms with E-state index >= 15 is 0 Å². The molecule has 0 aromatic carbocycles. The van der Waals surface area contributed by atoms with Gasteiger partial charge in [0, 0.05) is 4.47 Å². The summed E-state index contributed by atoms with van der Waals surface area (Å²) < 4.78 is 6.32. The van der Waals surface area contributed by atoms with Crippen molar-refractivity contribution in [1.82, 2.24) is 4.98 Å². The number of carbonyl (C=O) groups excluding carboxylic acids is 1. The predicted molar refractivity (Wildman–Crippen MR) is 68.8 cm³/mol. The number of aryl methyl sites for hydroxylation is 1. The minimum Gasteiger partial charge on any atom is -0.378 e. The van der Waals surface area contributed by atoms with E-state index in [1.165, 1.54) is 0 Å². The lowest BCUT2D eigenvalue weighted by atomic mass is 10.1. The lowest BCUT2D eigenvalue weighted by Gasteiger charge is -2.09. The van der Waals surface area contributed by atoms with Crippen LogP contribution in [0.3, 0.4) is 0 Å². The molecule has 2 atom stereocenters. The Morgan fingerprint density at radius 2 is 2.35 bits per heavy atom. The van der Waals surface area contributed by atoms with Crippen molar-refractivity contribution < 1.29 is 9.53 Å². The van der Waals surface area contributed by atoms with Crippen LogP contribution in [0.25, 0.3) is 0 Å². The maximum absolute atomic E-state index is 11.9. The zero-order chi connectivity index (χ0) is 12.4. The molecule has 5 heteroatoms. The molecule has 2 rings (SSSR count). The molecule has 1 fully saturated rings. The van der Waals surface area contributed by atoms with Gasteiger partial charge in [0.15, 0.2) is 0 Å². The number of hydrogen-bond acceptors (Lipinski definition) is 3. The molecule has 1 aliphatic heterocycles. The first-order valence-corrected chi connectivity index (χ1v) is 6.41. The highest BCUT2D eigenvalue weighted by atomic mass is 79.9. The number of halogens is 1. The highest BCUT2D eigenvalue weighted by Gasteiger charge is 2.28. The summed E-state index contributed by atoms with van der Waals surface area (Å²) in [7, 11) is 0. The van der Waals surface area contributed by atoms with Crippen LogP contribution in [0.1, 0.15) is 19.0 Å². The Hall–Kier alpha value is -0.940. The molecule has 4 nitrogen and oxygen atoms in total. The molecule has 17 heavy (non-hydrogen) atoms. The van der Waals surface area contributed by atoms with Gasteiger partial charge in [-0.3, -0.25) is 4.79 Å². The normalized spacial score (nSPS) is 23.7. The largest absolute Gasteiger partial charge is 0.378 e. The number of nitrogens with zero attached hydrogens (tertiary/aromatic N) is 1. The molecule has 0 aliphatic carbocycles. The molecule has 0 radical (unpaired) electrons. The van der Waals surface area contributed by atoms with Crippen LogP contribution in [0.5, 0.6) is 0 Å². The summed E-state index contributed by atoms with van der Waals surface area (Å²) in [5, 5.41) is 2.82. The van der Waals surface area contributed by atoms with Gasteiger partial charge in [0.05, 0.1) is 24.3 Å². The third-order valence-corrected chi connectivity index (χ3v) is 3.68. The number of rotatable bonds is 2. The minimum atomic E-state index is -0.0595. The second kappa shape index (κ2) is 5.14. The number of hydrogen-bond donors (Lipinski definition) is 1. The van der Waals surface area contributed by atoms with Gasteiger partial charge in [-0.25, -0.2) is 4.98 Å². The number of nitrogens with one attached hydrogen (secondary N) is 1. The molecule has 1 aromatic rings. The summed E-state index contributed by atoms with van der Waals surface area (Å²) in [6.45, 7) is 4.37. The molecule has 1 N–H and O–H groups in total. The Labute approximate surface area is 109 Å². The average Bonchev–Trinajstić information content (AvgIpc) is 2.70. The molecular weight excluding hydrogens is 284 g/mol. The van der Waals surface area contributed by atoms with Gasteiger partial charge in [0.1, 0.15) is 5.82 Å². The fraction of sp³-hybridized carbons (Fsp3) is 0.500. The van der Waals surface area contributed by atoms with E-state index in [-0.39, 0.29) is 17.9 Å². The summed E-state index contributed by atoms with van der Waals surface area (Å²) in [6, 6.07) is 3.67. The lowest BCUT2D eigenvalue weighted by molar-refractivity contribution is -0.119. The highest BCUT2D eigenvalue weighted by Crippen LogP contribution is 2.21. The standard InChI is InChI=1S/C12H15BrN2O2/c1-7-5-9(6-17-7)12(16)15-11-4-3-10(13)8(2)14-11/h3-4,7,9H,5-6H2,1-2H3,(H,14,15,16). The molecule has 0 bridgehead atoms. The van der Waals surface area contributed by atoms with Crippen molar-refractivity contribution in [3.63, 3.8) is 0 Å². The second-order valence-corrected chi connectivity index (χ2v) is 5.18. The quantitative estimate of drug-likeness (QED) is 0.913. The monoisotopic (exact) mass is 298 g/mol. The van der Waals surface area contributed by atoms with Crippen molar-refractivity contribution in [2.24, 2.45) is 5.92 Å². The Kier molecular flexibility index (Phi) is 3.79. The predicted octanol–water partition coefficient (Wildman–Crippen LogP) is 2.52. The highest BCUT2D eigenvalue weighted by molar-refractivity contribution is 9.10. The van der Waals surface area contributed by atoms with Crippen LogP contribution in [0.15, 0.2) is 16.6 Å². The van der Waals surface area contributed by atoms with Crippen molar-refractivity contribution in [3.8, 4) is 0 Å². The maximum Gasteiger partial charge on any atom is 0.231 e. The Balaban J connectivity index is 2.00. The SMILES string of the molecule is Cc1nc(NC(=O)C2COC(C)C2)ccc1Br. The third-order valence-electron chi connectivity index (χ3n) is 2.84. The first kappa shape index (κ1) is 12.5. The fourth-order valence-corrected chi connectivity index (χ4v) is 2.06. The van der Waals surface area contributed by atoms with Crippen molar-refractivity contribution in [2.45, 2.75) is 26.4 Å². The molecule has 92 valence electrons. The zero-order valence-corrected chi connectivity index (χ0v) is 11.5. The van der Waals surface area contributed by atoms with Crippen molar-refractivity contribution in [3.05, 3.63) is 22.3 Å². The second-order valence-electron chi connectivity index (χ2n) is 4.33. The van der Waals surface area contributed by atoms with Crippen molar-refractivity contribution in [2.75, 3.05) is 11.9 Å². The van der Waals surface area contributed by atoms with E-state index in [1.54, 1.807) is 6.07 Å². The zero-order valence-electron chi connectivity index (χ0n) is 9.87. The smallest absolute Gasteiger partial charge is 0.231 e. The lowest BCUT2D eigenvalue weighted by Crippen LogP contribution is -2.23. The average molecular weight is 299 g/mol. The Morgan fingerprint density at radius 1 is 1.59 bits per heavy atom. The molecule has 1 aromatic heterocycles. The van der Waals surface area contributed by atoms with Crippen LogP contribution in [0, 0.1) is 12.8 Å². The molecule has 2 heterocycles. The van der Waals surface area contributed by atoms with Crippen LogP contribution in [0.2, 0.25) is 0 Å². The van der Waals surface area contributed by atoms with E-state index in [4.69, 9.17) is 4.74 Å². The van der Waals surface area contributed by atoms with E-state index in [0.29, 0.717) is 12.4 Å². The van der Waals surface area contributed by atoms with E-state index in [1.807, 2.05) is 19.9 Å². The number of aromatic nitrogens is 1. The summed E-state index contributed by atoms with van der Waals surface area (Å²) in [5.74, 6) is 0.523. The number of pyridine rings is 1. The van der Waals surface area contributed by atoms with Gasteiger partial charge in [-0.05, 0) is 48.3 Å². The Morgan fingerprint density at radius 3 is 2.94 bits per heavy atom. The van der Waals surface area contributed by atoms with E-state index < -0.39 is 0 Å². The van der Waals surface area contributed by atoms with Gasteiger partial charge < -0.3 is 10.1 Å². The maximum atomic E-state index is 11.9. The van der Waals surface area contributed by atoms with Crippen LogP contribution in [0.4, 0.5) is 5.82 Å². The number of carbonyl (C=O) groups is 1. The number of amides is 1. The first-order valence-electron chi connectivity index (χ1n) is 5.62. The molecule has 2 unspecified atom stereocenters. The topological polar surface area (TPSA) is 51.2 Å². The summed E-state index contributed by atoms with van der Waals surface area (Å²) in [6.07, 6.45) is 0.951. The van der Waals surface area contributed by atoms with Crippen LogP contribution in [-0.4, -0.2) is 23.6 Å². The molecule has 1 saturated heterocycles. The number of ether oxygens (including phenoxy) is 1. The summed E-state index contributed by atoms with van der Waals surface area (Å²) in [5.41, 5.74) is 0.860. The minimum absolute atomic E-state index is 0.0106. The van der Waals surface area contributed by atoms with Gasteiger partial charge in [0.2, 0.25) is 5.91 Å². The summed E-state index contributed by atoms with van der Waals surface area (Å²) in [4.78, 5) is 16.2. The van der Waals surface area contributed by atoms with Crippen molar-refractivity contribution in [1.29, 1.82) is 0 Å². The molecule has 1 amide bonds. The number of anilines is 1. The Bertz CT molecular complexity index is 437. The van der Waals surface area contributed by atoms with Crippen molar-refractivity contribution >= 4 is 27.7 Å². The van der Waals surface area contributed by atoms with E-state index in [0.717, 1.165) is 16.6 Å². The molecule has 0 spiro atoms. The van der Waals surface area contributed by atoms with Gasteiger partial charge in [-0.15, -0.1) is 0 Å². The van der Waals surface area contributed by atoms with Gasteiger partial charge in [-0.2, -0.15) is 0 Å². The van der Waals surface area contributed by atoms with E-state index in [9.17, 15) is 4.79 Å².